The summed E-state index contributed by atoms with van der Waals surface area (Å²) in [7, 11) is -2.22. The lowest BCUT2D eigenvalue weighted by Crippen LogP contribution is -2.37. The number of amidine groups is 1. The van der Waals surface area contributed by atoms with Crippen molar-refractivity contribution in [3.63, 3.8) is 0 Å². The van der Waals surface area contributed by atoms with Gasteiger partial charge in [0.25, 0.3) is 0 Å². The van der Waals surface area contributed by atoms with Gasteiger partial charge in [0.1, 0.15) is 28.8 Å². The summed E-state index contributed by atoms with van der Waals surface area (Å²) in [5.74, 6) is 2.14. The lowest BCUT2D eigenvalue weighted by atomic mass is 10.1. The van der Waals surface area contributed by atoms with Gasteiger partial charge < -0.3 is 14.4 Å². The van der Waals surface area contributed by atoms with E-state index in [0.29, 0.717) is 60.4 Å². The maximum absolute atomic E-state index is 14.1. The molecule has 0 bridgehead atoms. The van der Waals surface area contributed by atoms with E-state index in [1.807, 2.05) is 42.5 Å². The number of aryl methyl sites for hydroxylation is 1. The summed E-state index contributed by atoms with van der Waals surface area (Å²) in [4.78, 5) is 6.98. The fourth-order valence-corrected chi connectivity index (χ4v) is 5.78. The zero-order valence-corrected chi connectivity index (χ0v) is 20.4. The second-order valence-electron chi connectivity index (χ2n) is 8.52. The Morgan fingerprint density at radius 1 is 0.971 bits per heavy atom. The van der Waals surface area contributed by atoms with E-state index in [1.54, 1.807) is 14.0 Å². The molecule has 35 heavy (non-hydrogen) atoms. The average Bonchev–Trinajstić information content (AvgIpc) is 3.20. The van der Waals surface area contributed by atoms with Gasteiger partial charge in [-0.05, 0) is 61.4 Å². The molecule has 0 aromatic heterocycles. The van der Waals surface area contributed by atoms with Crippen molar-refractivity contribution in [1.29, 1.82) is 0 Å². The highest BCUT2D eigenvalue weighted by molar-refractivity contribution is 7.89. The first-order valence-corrected chi connectivity index (χ1v) is 12.9. The van der Waals surface area contributed by atoms with E-state index in [2.05, 4.69) is 4.90 Å². The number of hydrogen-bond donors (Lipinski definition) is 0. The van der Waals surface area contributed by atoms with Crippen molar-refractivity contribution in [2.24, 2.45) is 4.99 Å². The molecular weight excluding hydrogens is 469 g/mol. The average molecular weight is 496 g/mol. The second-order valence-corrected chi connectivity index (χ2v) is 10.5. The van der Waals surface area contributed by atoms with Crippen molar-refractivity contribution in [2.45, 2.75) is 18.2 Å². The fraction of sp³-hybridized carbons (Fsp3) is 0.269. The SMILES string of the molecule is COc1ccc2c(c1)C(N1CCCN(S(=O)(=O)c3ccc(C)c(F)c3)CC1)=Nc1ccccc1O2. The molecular formula is C26H26FN3O4S. The molecule has 182 valence electrons. The number of fused-ring (bicyclic) bond motifs is 2. The van der Waals surface area contributed by atoms with E-state index in [4.69, 9.17) is 14.5 Å². The van der Waals surface area contributed by atoms with Crippen LogP contribution < -0.4 is 9.47 Å². The van der Waals surface area contributed by atoms with E-state index in [0.717, 1.165) is 11.6 Å². The lowest BCUT2D eigenvalue weighted by molar-refractivity contribution is 0.405. The van der Waals surface area contributed by atoms with E-state index in [1.165, 1.54) is 16.4 Å². The molecule has 0 spiro atoms. The lowest BCUT2D eigenvalue weighted by Gasteiger charge is -2.25. The highest BCUT2D eigenvalue weighted by Gasteiger charge is 2.30. The molecule has 0 amide bonds. The Kier molecular flexibility index (Phi) is 6.21. The molecule has 3 aromatic rings. The molecule has 0 saturated carbocycles. The molecule has 2 aliphatic rings. The van der Waals surface area contributed by atoms with Crippen molar-refractivity contribution in [2.75, 3.05) is 33.3 Å². The molecule has 2 heterocycles. The Bertz CT molecular complexity index is 1410. The summed E-state index contributed by atoms with van der Waals surface area (Å²) in [6.07, 6.45) is 0.592. The quantitative estimate of drug-likeness (QED) is 0.526. The first-order valence-electron chi connectivity index (χ1n) is 11.4. The number of rotatable bonds is 3. The molecule has 9 heteroatoms. The molecule has 3 aromatic carbocycles. The van der Waals surface area contributed by atoms with Gasteiger partial charge in [0.2, 0.25) is 10.0 Å². The normalized spacial score (nSPS) is 16.3. The monoisotopic (exact) mass is 495 g/mol. The summed E-state index contributed by atoms with van der Waals surface area (Å²) in [6.45, 7) is 3.22. The van der Waals surface area contributed by atoms with Crippen LogP contribution in [0.4, 0.5) is 10.1 Å². The maximum Gasteiger partial charge on any atom is 0.243 e. The van der Waals surface area contributed by atoms with E-state index in [9.17, 15) is 12.8 Å². The molecule has 2 aliphatic heterocycles. The van der Waals surface area contributed by atoms with Crippen LogP contribution in [0.1, 0.15) is 17.5 Å². The summed E-state index contributed by atoms with van der Waals surface area (Å²) in [5.41, 5.74) is 1.88. The Hall–Kier alpha value is -3.43. The van der Waals surface area contributed by atoms with Gasteiger partial charge in [0.05, 0.1) is 17.6 Å². The van der Waals surface area contributed by atoms with Crippen LogP contribution in [0.2, 0.25) is 0 Å². The summed E-state index contributed by atoms with van der Waals surface area (Å²) in [6, 6.07) is 17.2. The number of benzene rings is 3. The molecule has 7 nitrogen and oxygen atoms in total. The van der Waals surface area contributed by atoms with Crippen LogP contribution in [0, 0.1) is 12.7 Å². The predicted molar refractivity (Wildman–Crippen MR) is 132 cm³/mol. The van der Waals surface area contributed by atoms with Gasteiger partial charge in [0.15, 0.2) is 5.75 Å². The Morgan fingerprint density at radius 3 is 2.60 bits per heavy atom. The molecule has 1 saturated heterocycles. The van der Waals surface area contributed by atoms with Crippen molar-refractivity contribution in [1.82, 2.24) is 9.21 Å². The van der Waals surface area contributed by atoms with Crippen molar-refractivity contribution >= 4 is 21.5 Å². The number of nitrogens with zero attached hydrogens (tertiary/aromatic N) is 3. The Balaban J connectivity index is 1.48. The van der Waals surface area contributed by atoms with Crippen LogP contribution in [-0.2, 0) is 10.0 Å². The Morgan fingerprint density at radius 2 is 1.80 bits per heavy atom. The standard InChI is InChI=1S/C26H26FN3O4S/c1-18-8-10-20(17-22(18)27)35(31,32)30-13-5-12-29(14-15-30)26-21-16-19(33-2)9-11-24(21)34-25-7-4-3-6-23(25)28-26/h3-4,6-11,16-17H,5,12-15H2,1-2H3. The largest absolute Gasteiger partial charge is 0.497 e. The number of methoxy groups -OCH3 is 1. The highest BCUT2D eigenvalue weighted by Crippen LogP contribution is 2.39. The molecule has 0 N–H and O–H groups in total. The van der Waals surface area contributed by atoms with Gasteiger partial charge in [-0.1, -0.05) is 18.2 Å². The number of para-hydroxylation sites is 2. The third kappa shape index (κ3) is 4.49. The van der Waals surface area contributed by atoms with Gasteiger partial charge in [-0.3, -0.25) is 0 Å². The molecule has 0 aliphatic carbocycles. The van der Waals surface area contributed by atoms with Crippen LogP contribution in [0.3, 0.4) is 0 Å². The van der Waals surface area contributed by atoms with Crippen LogP contribution >= 0.6 is 0 Å². The second kappa shape index (κ2) is 9.31. The smallest absolute Gasteiger partial charge is 0.243 e. The fourth-order valence-electron chi connectivity index (χ4n) is 4.30. The third-order valence-corrected chi connectivity index (χ3v) is 8.17. The van der Waals surface area contributed by atoms with Crippen molar-refractivity contribution < 1.29 is 22.3 Å². The molecule has 5 rings (SSSR count). The summed E-state index contributed by atoms with van der Waals surface area (Å²) in [5, 5.41) is 0. The maximum atomic E-state index is 14.1. The molecule has 0 atom stereocenters. The Labute approximate surface area is 204 Å². The van der Waals surface area contributed by atoms with Crippen LogP contribution in [0.25, 0.3) is 0 Å². The minimum atomic E-state index is -3.82. The highest BCUT2D eigenvalue weighted by atomic mass is 32.2. The van der Waals surface area contributed by atoms with E-state index >= 15 is 0 Å². The number of aliphatic imine (C=N–C) groups is 1. The zero-order valence-electron chi connectivity index (χ0n) is 19.6. The number of ether oxygens (including phenoxy) is 2. The van der Waals surface area contributed by atoms with Gasteiger partial charge >= 0.3 is 0 Å². The van der Waals surface area contributed by atoms with Crippen LogP contribution in [0.15, 0.2) is 70.6 Å². The van der Waals surface area contributed by atoms with E-state index < -0.39 is 15.8 Å². The van der Waals surface area contributed by atoms with Crippen LogP contribution in [0.5, 0.6) is 17.2 Å². The minimum absolute atomic E-state index is 0.0294. The first kappa shape index (κ1) is 23.3. The predicted octanol–water partition coefficient (Wildman–Crippen LogP) is 4.72. The number of sulfonamides is 1. The van der Waals surface area contributed by atoms with Crippen LogP contribution in [-0.4, -0.2) is 56.7 Å². The number of halogens is 1. The van der Waals surface area contributed by atoms with Gasteiger partial charge in [-0.15, -0.1) is 0 Å². The molecule has 0 unspecified atom stereocenters. The molecule has 0 radical (unpaired) electrons. The zero-order chi connectivity index (χ0) is 24.6. The van der Waals surface area contributed by atoms with Crippen molar-refractivity contribution in [3.05, 3.63) is 77.6 Å². The van der Waals surface area contributed by atoms with Gasteiger partial charge in [-0.2, -0.15) is 4.31 Å². The first-order chi connectivity index (χ1) is 16.9. The summed E-state index contributed by atoms with van der Waals surface area (Å²) >= 11 is 0. The summed E-state index contributed by atoms with van der Waals surface area (Å²) < 4.78 is 53.6. The van der Waals surface area contributed by atoms with Gasteiger partial charge in [0, 0.05) is 26.2 Å². The minimum Gasteiger partial charge on any atom is -0.497 e. The topological polar surface area (TPSA) is 71.4 Å². The van der Waals surface area contributed by atoms with Gasteiger partial charge in [-0.25, -0.2) is 17.8 Å². The van der Waals surface area contributed by atoms with E-state index in [-0.39, 0.29) is 11.4 Å². The molecule has 1 fully saturated rings. The van der Waals surface area contributed by atoms with Crippen molar-refractivity contribution in [3.8, 4) is 17.2 Å². The third-order valence-electron chi connectivity index (χ3n) is 6.27. The number of hydrogen-bond acceptors (Lipinski definition) is 6.